The first-order valence-corrected chi connectivity index (χ1v) is 14.2. The molecule has 0 bridgehead atoms. The number of rotatable bonds is 10. The molecule has 2 aliphatic rings. The Balaban J connectivity index is 1.29. The quantitative estimate of drug-likeness (QED) is 0.309. The minimum Gasteiger partial charge on any atom is -0.492 e. The third kappa shape index (κ3) is 6.53. The smallest absolute Gasteiger partial charge is 0.323 e. The summed E-state index contributed by atoms with van der Waals surface area (Å²) in [6.45, 7) is 7.03. The third-order valence-corrected chi connectivity index (χ3v) is 7.88. The highest BCUT2D eigenvalue weighted by Gasteiger charge is 2.23. The van der Waals surface area contributed by atoms with Gasteiger partial charge in [-0.1, -0.05) is 0 Å². The van der Waals surface area contributed by atoms with Crippen molar-refractivity contribution in [1.29, 1.82) is 0 Å². The number of pyridine rings is 1. The zero-order chi connectivity index (χ0) is 27.4. The second-order valence-electron chi connectivity index (χ2n) is 10.9. The Labute approximate surface area is 229 Å². The van der Waals surface area contributed by atoms with E-state index < -0.39 is 0 Å². The zero-order valence-corrected chi connectivity index (χ0v) is 23.3. The number of fused-ring (bicyclic) bond motifs is 1. The fourth-order valence-corrected chi connectivity index (χ4v) is 5.59. The van der Waals surface area contributed by atoms with Gasteiger partial charge in [0.1, 0.15) is 30.3 Å². The van der Waals surface area contributed by atoms with E-state index in [1.165, 1.54) is 0 Å². The van der Waals surface area contributed by atoms with E-state index in [0.717, 1.165) is 86.5 Å². The lowest BCUT2D eigenvalue weighted by Crippen LogP contribution is -2.39. The maximum Gasteiger partial charge on any atom is 0.323 e. The van der Waals surface area contributed by atoms with Crippen LogP contribution in [0.2, 0.25) is 0 Å². The van der Waals surface area contributed by atoms with Crippen molar-refractivity contribution in [3.8, 4) is 17.1 Å². The molecular weight excluding hydrogens is 496 g/mol. The molecule has 0 spiro atoms. The molecule has 0 unspecified atom stereocenters. The zero-order valence-electron chi connectivity index (χ0n) is 23.3. The van der Waals surface area contributed by atoms with Gasteiger partial charge in [-0.05, 0) is 76.5 Å². The number of esters is 1. The van der Waals surface area contributed by atoms with Crippen molar-refractivity contribution in [3.63, 3.8) is 0 Å². The lowest BCUT2D eigenvalue weighted by molar-refractivity contribution is -0.150. The first kappa shape index (κ1) is 27.4. The van der Waals surface area contributed by atoms with Gasteiger partial charge in [-0.2, -0.15) is 0 Å². The number of carbonyl (C=O) groups excluding carboxylic acids is 1. The second-order valence-corrected chi connectivity index (χ2v) is 10.9. The molecule has 1 N–H and O–H groups in total. The van der Waals surface area contributed by atoms with Gasteiger partial charge in [-0.3, -0.25) is 9.59 Å². The van der Waals surface area contributed by atoms with Crippen molar-refractivity contribution in [2.45, 2.75) is 71.1 Å². The molecule has 0 amide bonds. The van der Waals surface area contributed by atoms with Crippen LogP contribution in [0.5, 0.6) is 5.75 Å². The molecule has 1 aliphatic carbocycles. The maximum absolute atomic E-state index is 12.3. The van der Waals surface area contributed by atoms with E-state index in [0.29, 0.717) is 24.6 Å². The highest BCUT2D eigenvalue weighted by Crippen LogP contribution is 2.30. The number of nitrogens with zero attached hydrogens (tertiary/aromatic N) is 3. The molecule has 9 heteroatoms. The monoisotopic (exact) mass is 536 g/mol. The van der Waals surface area contributed by atoms with Crippen LogP contribution >= 0.6 is 0 Å². The van der Waals surface area contributed by atoms with E-state index in [2.05, 4.69) is 16.0 Å². The number of benzene rings is 1. The van der Waals surface area contributed by atoms with Gasteiger partial charge in [-0.15, -0.1) is 0 Å². The van der Waals surface area contributed by atoms with Crippen LogP contribution in [0.3, 0.4) is 0 Å². The molecule has 0 radical (unpaired) electrons. The minimum atomic E-state index is -0.370. The Hall–Kier alpha value is -3.17. The number of ether oxygens (including phenoxy) is 3. The van der Waals surface area contributed by atoms with Crippen LogP contribution in [0.25, 0.3) is 22.4 Å². The van der Waals surface area contributed by atoms with Crippen molar-refractivity contribution in [1.82, 2.24) is 19.4 Å². The molecule has 2 aromatic heterocycles. The van der Waals surface area contributed by atoms with E-state index in [-0.39, 0.29) is 23.7 Å². The summed E-state index contributed by atoms with van der Waals surface area (Å²) in [7, 11) is 1.78. The number of nitrogens with one attached hydrogen (secondary N) is 1. The Morgan fingerprint density at radius 2 is 1.95 bits per heavy atom. The van der Waals surface area contributed by atoms with Crippen molar-refractivity contribution < 1.29 is 19.0 Å². The Bertz CT molecular complexity index is 1330. The normalized spacial score (nSPS) is 17.5. The first-order valence-electron chi connectivity index (χ1n) is 14.2. The third-order valence-electron chi connectivity index (χ3n) is 7.88. The Morgan fingerprint density at radius 3 is 2.69 bits per heavy atom. The Kier molecular flexibility index (Phi) is 8.67. The molecule has 2 fully saturated rings. The summed E-state index contributed by atoms with van der Waals surface area (Å²) in [6, 6.07) is 7.55. The lowest BCUT2D eigenvalue weighted by Gasteiger charge is -2.23. The highest BCUT2D eigenvalue weighted by atomic mass is 16.5. The van der Waals surface area contributed by atoms with Crippen LogP contribution in [0, 0.1) is 12.8 Å². The molecule has 210 valence electrons. The summed E-state index contributed by atoms with van der Waals surface area (Å²) >= 11 is 0. The number of imidazole rings is 1. The topological polar surface area (TPSA) is 96.6 Å². The predicted octanol–water partition coefficient (Wildman–Crippen LogP) is 3.98. The van der Waals surface area contributed by atoms with Crippen LogP contribution in [0.4, 0.5) is 0 Å². The van der Waals surface area contributed by atoms with Crippen LogP contribution in [-0.4, -0.2) is 58.6 Å². The molecule has 9 nitrogen and oxygen atoms in total. The SMILES string of the molecule is Cc1cc(-c2nc3cc(OCCN[C@@H](C)C(=O)OC4CCCC4)ccc3n2CC2CCOCC2)cn(C)c1=O. The average Bonchev–Trinajstić information content (AvgIpc) is 3.57. The summed E-state index contributed by atoms with van der Waals surface area (Å²) in [5.74, 6) is 1.89. The fraction of sp³-hybridized carbons (Fsp3) is 0.567. The largest absolute Gasteiger partial charge is 0.492 e. The maximum atomic E-state index is 12.3. The van der Waals surface area contributed by atoms with Crippen LogP contribution < -0.4 is 15.6 Å². The molecule has 1 saturated carbocycles. The van der Waals surface area contributed by atoms with Crippen molar-refractivity contribution in [2.75, 3.05) is 26.4 Å². The average molecular weight is 537 g/mol. The molecule has 5 rings (SSSR count). The van der Waals surface area contributed by atoms with Gasteiger partial charge in [0.15, 0.2) is 0 Å². The first-order chi connectivity index (χ1) is 18.9. The summed E-state index contributed by atoms with van der Waals surface area (Å²) in [5, 5.41) is 3.20. The highest BCUT2D eigenvalue weighted by molar-refractivity contribution is 5.82. The second kappa shape index (κ2) is 12.3. The number of aromatic nitrogens is 3. The molecule has 3 aromatic rings. The van der Waals surface area contributed by atoms with E-state index in [1.807, 2.05) is 38.2 Å². The van der Waals surface area contributed by atoms with Crippen molar-refractivity contribution in [2.24, 2.45) is 13.0 Å². The summed E-state index contributed by atoms with van der Waals surface area (Å²) < 4.78 is 21.1. The number of aryl methyl sites for hydroxylation is 2. The van der Waals surface area contributed by atoms with Gasteiger partial charge in [0.05, 0.1) is 11.0 Å². The Morgan fingerprint density at radius 1 is 1.18 bits per heavy atom. The standard InChI is InChI=1S/C30H40N4O5/c1-20-16-23(19-33(3)29(20)35)28-32-26-17-25(8-9-27(26)34(28)18-22-10-13-37-14-11-22)38-15-12-31-21(2)30(36)39-24-6-4-5-7-24/h8-9,16-17,19,21-22,24,31H,4-7,10-15,18H2,1-3H3/t21-/m0/s1. The summed E-state index contributed by atoms with van der Waals surface area (Å²) in [5.41, 5.74) is 3.50. The lowest BCUT2D eigenvalue weighted by atomic mass is 10.00. The summed E-state index contributed by atoms with van der Waals surface area (Å²) in [4.78, 5) is 29.6. The number of hydrogen-bond donors (Lipinski definition) is 1. The van der Waals surface area contributed by atoms with E-state index in [9.17, 15) is 9.59 Å². The van der Waals surface area contributed by atoms with Crippen LogP contribution in [-0.2, 0) is 27.9 Å². The van der Waals surface area contributed by atoms with Crippen LogP contribution in [0.15, 0.2) is 35.3 Å². The molecule has 1 aromatic carbocycles. The van der Waals surface area contributed by atoms with Gasteiger partial charge in [0, 0.05) is 56.7 Å². The van der Waals surface area contributed by atoms with E-state index >= 15 is 0 Å². The molecule has 39 heavy (non-hydrogen) atoms. The summed E-state index contributed by atoms with van der Waals surface area (Å²) in [6.07, 6.45) is 8.19. The van der Waals surface area contributed by atoms with Gasteiger partial charge in [0.2, 0.25) is 0 Å². The molecule has 1 aliphatic heterocycles. The van der Waals surface area contributed by atoms with Crippen LogP contribution in [0.1, 0.15) is 51.0 Å². The fourth-order valence-electron chi connectivity index (χ4n) is 5.59. The number of hydrogen-bond acceptors (Lipinski definition) is 7. The van der Waals surface area contributed by atoms with E-state index in [4.69, 9.17) is 19.2 Å². The molecule has 1 saturated heterocycles. The molecule has 3 heterocycles. The number of carbonyl (C=O) groups is 1. The van der Waals surface area contributed by atoms with Gasteiger partial charge in [0.25, 0.3) is 5.56 Å². The molecular formula is C30H40N4O5. The van der Waals surface area contributed by atoms with Gasteiger partial charge < -0.3 is 28.7 Å². The van der Waals surface area contributed by atoms with Gasteiger partial charge >= 0.3 is 5.97 Å². The minimum absolute atomic E-state index is 0.00347. The van der Waals surface area contributed by atoms with E-state index in [1.54, 1.807) is 11.6 Å². The predicted molar refractivity (Wildman–Crippen MR) is 150 cm³/mol. The molecule has 1 atom stereocenters. The van der Waals surface area contributed by atoms with Crippen molar-refractivity contribution in [3.05, 3.63) is 46.4 Å². The van der Waals surface area contributed by atoms with Crippen molar-refractivity contribution >= 4 is 17.0 Å². The van der Waals surface area contributed by atoms with Gasteiger partial charge in [-0.25, -0.2) is 4.98 Å².